The molecule has 1 aromatic rings. The number of hydrazine groups is 1. The van der Waals surface area contributed by atoms with Gasteiger partial charge in [0.1, 0.15) is 0 Å². The van der Waals surface area contributed by atoms with E-state index >= 15 is 0 Å². The van der Waals surface area contributed by atoms with E-state index in [1.165, 1.54) is 37.7 Å². The summed E-state index contributed by atoms with van der Waals surface area (Å²) >= 11 is 0. The summed E-state index contributed by atoms with van der Waals surface area (Å²) in [4.78, 5) is 13.5. The Labute approximate surface area is 194 Å². The van der Waals surface area contributed by atoms with Crippen LogP contribution in [0.25, 0.3) is 5.70 Å². The molecule has 0 aromatic carbocycles. The molecular weight excluding hydrogens is 400 g/mol. The lowest BCUT2D eigenvalue weighted by Gasteiger charge is -2.23. The monoisotopic (exact) mass is 442 g/mol. The summed E-state index contributed by atoms with van der Waals surface area (Å²) in [7, 11) is 1.79. The highest BCUT2D eigenvalue weighted by atomic mass is 16.5. The van der Waals surface area contributed by atoms with Crippen LogP contribution in [-0.4, -0.2) is 55.3 Å². The average molecular weight is 443 g/mol. The molecule has 0 bridgehead atoms. The van der Waals surface area contributed by atoms with Crippen molar-refractivity contribution in [2.75, 3.05) is 26.7 Å². The summed E-state index contributed by atoms with van der Waals surface area (Å²) in [6, 6.07) is 4.19. The fraction of sp³-hybridized carbons (Fsp3) is 0.640. The minimum atomic E-state index is 0.183. The Balaban J connectivity index is 2.18. The normalized spacial score (nSPS) is 16.2. The van der Waals surface area contributed by atoms with Crippen LogP contribution in [0.15, 0.2) is 27.8 Å². The molecule has 0 atom stereocenters. The number of rotatable bonds is 12. The van der Waals surface area contributed by atoms with Crippen molar-refractivity contribution in [1.29, 1.82) is 0 Å². The van der Waals surface area contributed by atoms with Crippen molar-refractivity contribution in [3.8, 4) is 0 Å². The number of pyridine rings is 1. The molecule has 0 radical (unpaired) electrons. The summed E-state index contributed by atoms with van der Waals surface area (Å²) < 4.78 is 5.58. The van der Waals surface area contributed by atoms with Crippen LogP contribution in [0.5, 0.6) is 0 Å². The van der Waals surface area contributed by atoms with Gasteiger partial charge in [-0.2, -0.15) is 0 Å². The van der Waals surface area contributed by atoms with E-state index in [9.17, 15) is 0 Å². The van der Waals surface area contributed by atoms with Crippen LogP contribution in [-0.2, 0) is 11.2 Å². The fourth-order valence-corrected chi connectivity index (χ4v) is 4.19. The highest BCUT2D eigenvalue weighted by Gasteiger charge is 2.17. The summed E-state index contributed by atoms with van der Waals surface area (Å²) in [5, 5.41) is 1.55. The van der Waals surface area contributed by atoms with Crippen molar-refractivity contribution in [2.45, 2.75) is 71.8 Å². The van der Waals surface area contributed by atoms with Gasteiger partial charge < -0.3 is 15.5 Å². The zero-order chi connectivity index (χ0) is 23.5. The van der Waals surface area contributed by atoms with Crippen molar-refractivity contribution >= 4 is 18.1 Å². The summed E-state index contributed by atoms with van der Waals surface area (Å²) in [6.45, 7) is 11.3. The van der Waals surface area contributed by atoms with Gasteiger partial charge in [-0.25, -0.2) is 5.84 Å². The van der Waals surface area contributed by atoms with Gasteiger partial charge in [0.2, 0.25) is 0 Å². The van der Waals surface area contributed by atoms with Crippen molar-refractivity contribution < 1.29 is 4.74 Å². The number of ether oxygens (including phenoxy) is 1. The van der Waals surface area contributed by atoms with Gasteiger partial charge in [0.25, 0.3) is 0 Å². The van der Waals surface area contributed by atoms with Crippen molar-refractivity contribution in [3.05, 3.63) is 34.8 Å². The Hall–Kier alpha value is -2.25. The summed E-state index contributed by atoms with van der Waals surface area (Å²) in [5.74, 6) is 6.92. The second-order valence-corrected chi connectivity index (χ2v) is 9.05. The van der Waals surface area contributed by atoms with Gasteiger partial charge in [0, 0.05) is 24.9 Å². The number of nitrogens with zero attached hydrogens (tertiary/aromatic N) is 4. The largest absolute Gasteiger partial charge is 0.396 e. The smallest absolute Gasteiger partial charge is 0.0880 e. The first-order valence-electron chi connectivity index (χ1n) is 11.8. The molecular formula is C25H42N6O. The quantitative estimate of drug-likeness (QED) is 0.221. The standard InChI is InChI=1S/C25H42N6O/c1-18(2)32-14-13-29-22(17-28-4)16-24(31(5)27)25(26)23-12-11-21(19(3)30-23)15-20-9-7-6-8-10-20/h11-12,18,20H,4,6-10,13-17,26-27H2,1-3,5H3/b25-24-,29-22-. The minimum Gasteiger partial charge on any atom is -0.396 e. The maximum absolute atomic E-state index is 6.55. The van der Waals surface area contributed by atoms with Crippen molar-refractivity contribution in [1.82, 2.24) is 9.99 Å². The molecule has 2 rings (SSSR count). The van der Waals surface area contributed by atoms with Crippen LogP contribution in [0, 0.1) is 12.8 Å². The number of allylic oxidation sites excluding steroid dienone is 1. The lowest BCUT2D eigenvalue weighted by molar-refractivity contribution is 0.0853. The maximum Gasteiger partial charge on any atom is 0.0880 e. The number of aryl methyl sites for hydroxylation is 1. The van der Waals surface area contributed by atoms with Gasteiger partial charge in [0.15, 0.2) is 0 Å². The van der Waals surface area contributed by atoms with E-state index in [0.717, 1.165) is 35.1 Å². The Morgan fingerprint density at radius 2 is 2.00 bits per heavy atom. The predicted molar refractivity (Wildman–Crippen MR) is 135 cm³/mol. The molecule has 4 N–H and O–H groups in total. The highest BCUT2D eigenvalue weighted by molar-refractivity contribution is 5.90. The molecule has 0 unspecified atom stereocenters. The molecule has 0 amide bonds. The Bertz CT molecular complexity index is 794. The Morgan fingerprint density at radius 1 is 1.28 bits per heavy atom. The van der Waals surface area contributed by atoms with Crippen LogP contribution in [0.1, 0.15) is 69.3 Å². The second kappa shape index (κ2) is 13.3. The van der Waals surface area contributed by atoms with E-state index < -0.39 is 0 Å². The van der Waals surface area contributed by atoms with Gasteiger partial charge in [-0.15, -0.1) is 0 Å². The van der Waals surface area contributed by atoms with Crippen LogP contribution >= 0.6 is 0 Å². The SMILES string of the molecule is C=NC/C(C/C(=C(/N)c1ccc(CC2CCCCC2)c(C)n1)N(C)N)=N\CCOC(C)C. The molecule has 0 aliphatic heterocycles. The van der Waals surface area contributed by atoms with Crippen LogP contribution in [0.3, 0.4) is 0 Å². The van der Waals surface area contributed by atoms with Gasteiger partial charge in [0.05, 0.1) is 42.9 Å². The highest BCUT2D eigenvalue weighted by Crippen LogP contribution is 2.28. The van der Waals surface area contributed by atoms with Crippen LogP contribution in [0.4, 0.5) is 0 Å². The van der Waals surface area contributed by atoms with E-state index in [-0.39, 0.29) is 6.10 Å². The number of aliphatic imine (C=N–C) groups is 2. The molecule has 178 valence electrons. The van der Waals surface area contributed by atoms with Gasteiger partial charge in [-0.3, -0.25) is 15.0 Å². The van der Waals surface area contributed by atoms with Crippen molar-refractivity contribution in [3.63, 3.8) is 0 Å². The third kappa shape index (κ3) is 8.36. The Kier molecular flexibility index (Phi) is 10.8. The van der Waals surface area contributed by atoms with E-state index in [4.69, 9.17) is 21.3 Å². The lowest BCUT2D eigenvalue weighted by Crippen LogP contribution is -2.30. The molecule has 1 heterocycles. The third-order valence-corrected chi connectivity index (χ3v) is 5.98. The molecule has 0 spiro atoms. The molecule has 32 heavy (non-hydrogen) atoms. The van der Waals surface area contributed by atoms with Gasteiger partial charge in [-0.1, -0.05) is 38.2 Å². The van der Waals surface area contributed by atoms with Crippen LogP contribution < -0.4 is 11.6 Å². The Morgan fingerprint density at radius 3 is 2.59 bits per heavy atom. The molecule has 1 aliphatic rings. The van der Waals surface area contributed by atoms with E-state index in [1.807, 2.05) is 19.9 Å². The number of hydrogen-bond donors (Lipinski definition) is 2. The van der Waals surface area contributed by atoms with Gasteiger partial charge >= 0.3 is 0 Å². The maximum atomic E-state index is 6.55. The first-order chi connectivity index (χ1) is 15.3. The zero-order valence-electron chi connectivity index (χ0n) is 20.4. The summed E-state index contributed by atoms with van der Waals surface area (Å²) in [6.07, 6.45) is 8.51. The van der Waals surface area contributed by atoms with Crippen molar-refractivity contribution in [2.24, 2.45) is 27.5 Å². The molecule has 0 saturated heterocycles. The van der Waals surface area contributed by atoms with E-state index in [0.29, 0.717) is 31.8 Å². The first-order valence-corrected chi connectivity index (χ1v) is 11.8. The van der Waals surface area contributed by atoms with Crippen LogP contribution in [0.2, 0.25) is 0 Å². The predicted octanol–water partition coefficient (Wildman–Crippen LogP) is 3.90. The summed E-state index contributed by atoms with van der Waals surface area (Å²) in [5.41, 5.74) is 11.9. The number of aromatic nitrogens is 1. The number of hydrogen-bond acceptors (Lipinski definition) is 7. The molecule has 1 fully saturated rings. The zero-order valence-corrected chi connectivity index (χ0v) is 20.4. The van der Waals surface area contributed by atoms with E-state index in [2.05, 4.69) is 29.7 Å². The molecule has 1 aromatic heterocycles. The first kappa shape index (κ1) is 26.0. The average Bonchev–Trinajstić information content (AvgIpc) is 2.76. The molecule has 7 heteroatoms. The topological polar surface area (TPSA) is 102 Å². The van der Waals surface area contributed by atoms with Gasteiger partial charge in [-0.05, 0) is 51.5 Å². The minimum absolute atomic E-state index is 0.183. The molecule has 7 nitrogen and oxygen atoms in total. The molecule has 1 saturated carbocycles. The van der Waals surface area contributed by atoms with E-state index in [1.54, 1.807) is 12.1 Å². The second-order valence-electron chi connectivity index (χ2n) is 9.05. The molecule has 1 aliphatic carbocycles. The fourth-order valence-electron chi connectivity index (χ4n) is 4.19. The number of nitrogens with two attached hydrogens (primary N) is 2. The third-order valence-electron chi connectivity index (χ3n) is 5.98. The lowest BCUT2D eigenvalue weighted by atomic mass is 9.84.